The van der Waals surface area contributed by atoms with Crippen LogP contribution in [0.25, 0.3) is 11.4 Å². The van der Waals surface area contributed by atoms with Gasteiger partial charge in [-0.1, -0.05) is 24.3 Å². The Balaban J connectivity index is 1.55. The van der Waals surface area contributed by atoms with Crippen molar-refractivity contribution in [1.29, 1.82) is 0 Å². The van der Waals surface area contributed by atoms with Crippen LogP contribution in [-0.4, -0.2) is 37.8 Å². The maximum Gasteiger partial charge on any atom is 0.434 e. The Labute approximate surface area is 187 Å². The molecule has 2 aromatic heterocycles. The van der Waals surface area contributed by atoms with Crippen molar-refractivity contribution >= 4 is 17.4 Å². The maximum atomic E-state index is 13.2. The van der Waals surface area contributed by atoms with E-state index in [9.17, 15) is 18.3 Å². The second-order valence-electron chi connectivity index (χ2n) is 8.06. The minimum Gasteiger partial charge on any atom is -0.386 e. The van der Waals surface area contributed by atoms with E-state index in [4.69, 9.17) is 16.3 Å². The number of aliphatic hydroxyl groups is 1. The summed E-state index contributed by atoms with van der Waals surface area (Å²) in [4.78, 5) is 11.9. The summed E-state index contributed by atoms with van der Waals surface area (Å²) in [6.45, 7) is 4.30. The standard InChI is InChI=1S/C21H21ClF3N5O2/c1-20(2,31)15-8-27-19(22)29-17(15)26-7-12-3-5-13(6-4-12)18-28-16(21(23,24)25)9-30(18)14-10-32-11-14/h3-6,8-9,14,31H,7,10-11H2,1-2H3,(H,26,27,29). The van der Waals surface area contributed by atoms with Crippen molar-refractivity contribution in [2.24, 2.45) is 0 Å². The van der Waals surface area contributed by atoms with Gasteiger partial charge in [0.2, 0.25) is 5.28 Å². The van der Waals surface area contributed by atoms with Crippen LogP contribution in [0, 0.1) is 0 Å². The molecule has 32 heavy (non-hydrogen) atoms. The first-order chi connectivity index (χ1) is 15.0. The topological polar surface area (TPSA) is 85.1 Å². The molecule has 3 aromatic rings. The fourth-order valence-corrected chi connectivity index (χ4v) is 3.44. The molecule has 7 nitrogen and oxygen atoms in total. The molecule has 0 unspecified atom stereocenters. The lowest BCUT2D eigenvalue weighted by Gasteiger charge is -2.28. The zero-order chi connectivity index (χ0) is 23.1. The summed E-state index contributed by atoms with van der Waals surface area (Å²) in [6, 6.07) is 6.85. The largest absolute Gasteiger partial charge is 0.434 e. The lowest BCUT2D eigenvalue weighted by Crippen LogP contribution is -2.30. The number of halogens is 4. The molecular formula is C21H21ClF3N5O2. The van der Waals surface area contributed by atoms with E-state index >= 15 is 0 Å². The van der Waals surface area contributed by atoms with Gasteiger partial charge in [-0.2, -0.15) is 13.2 Å². The Bertz CT molecular complexity index is 1110. The average Bonchev–Trinajstić information content (AvgIpc) is 3.09. The van der Waals surface area contributed by atoms with Gasteiger partial charge in [0.05, 0.1) is 24.9 Å². The first-order valence-corrected chi connectivity index (χ1v) is 10.2. The summed E-state index contributed by atoms with van der Waals surface area (Å²) >= 11 is 5.89. The summed E-state index contributed by atoms with van der Waals surface area (Å²) in [5.41, 5.74) is -0.187. The fourth-order valence-electron chi connectivity index (χ4n) is 3.31. The number of hydrogen-bond acceptors (Lipinski definition) is 6. The van der Waals surface area contributed by atoms with Gasteiger partial charge in [0.15, 0.2) is 5.69 Å². The number of hydrogen-bond donors (Lipinski definition) is 2. The zero-order valence-corrected chi connectivity index (χ0v) is 18.1. The minimum absolute atomic E-state index is 0.0446. The number of alkyl halides is 3. The molecule has 3 heterocycles. The van der Waals surface area contributed by atoms with E-state index in [-0.39, 0.29) is 17.1 Å². The van der Waals surface area contributed by atoms with E-state index in [1.807, 2.05) is 0 Å². The van der Waals surface area contributed by atoms with Crippen LogP contribution in [0.1, 0.15) is 36.7 Å². The third kappa shape index (κ3) is 4.72. The molecule has 0 atom stereocenters. The van der Waals surface area contributed by atoms with Crippen LogP contribution < -0.4 is 5.32 Å². The van der Waals surface area contributed by atoms with E-state index in [1.165, 1.54) is 10.8 Å². The van der Waals surface area contributed by atoms with Gasteiger partial charge in [0, 0.05) is 30.1 Å². The Kier molecular flexibility index (Phi) is 5.87. The highest BCUT2D eigenvalue weighted by Gasteiger charge is 2.36. The molecule has 0 bridgehead atoms. The third-order valence-electron chi connectivity index (χ3n) is 5.13. The quantitative estimate of drug-likeness (QED) is 0.522. The van der Waals surface area contributed by atoms with Crippen molar-refractivity contribution in [3.8, 4) is 11.4 Å². The van der Waals surface area contributed by atoms with Crippen molar-refractivity contribution in [2.45, 2.75) is 38.2 Å². The molecule has 1 saturated heterocycles. The molecule has 2 N–H and O–H groups in total. The molecule has 4 rings (SSSR count). The highest BCUT2D eigenvalue weighted by Crippen LogP contribution is 2.34. The number of anilines is 1. The molecule has 1 aliphatic heterocycles. The van der Waals surface area contributed by atoms with E-state index < -0.39 is 17.5 Å². The number of nitrogens with zero attached hydrogens (tertiary/aromatic N) is 4. The van der Waals surface area contributed by atoms with Crippen LogP contribution in [0.2, 0.25) is 5.28 Å². The van der Waals surface area contributed by atoms with Gasteiger partial charge >= 0.3 is 6.18 Å². The van der Waals surface area contributed by atoms with Crippen LogP contribution in [0.4, 0.5) is 19.0 Å². The average molecular weight is 468 g/mol. The number of ether oxygens (including phenoxy) is 1. The normalized spacial score (nSPS) is 15.0. The number of rotatable bonds is 6. The summed E-state index contributed by atoms with van der Waals surface area (Å²) in [6.07, 6.45) is -2.02. The van der Waals surface area contributed by atoms with E-state index in [2.05, 4.69) is 20.3 Å². The summed E-state index contributed by atoms with van der Waals surface area (Å²) in [5, 5.41) is 13.5. The Hall–Kier alpha value is -2.69. The van der Waals surface area contributed by atoms with Gasteiger partial charge in [-0.3, -0.25) is 0 Å². The molecule has 11 heteroatoms. The van der Waals surface area contributed by atoms with E-state index in [1.54, 1.807) is 38.1 Å². The van der Waals surface area contributed by atoms with Crippen LogP contribution in [0.3, 0.4) is 0 Å². The maximum absolute atomic E-state index is 13.2. The molecule has 0 radical (unpaired) electrons. The van der Waals surface area contributed by atoms with Crippen LogP contribution in [0.15, 0.2) is 36.7 Å². The number of benzene rings is 1. The Morgan fingerprint density at radius 2 is 1.88 bits per heavy atom. The highest BCUT2D eigenvalue weighted by atomic mass is 35.5. The molecule has 1 fully saturated rings. The number of nitrogens with one attached hydrogen (secondary N) is 1. The predicted molar refractivity (Wildman–Crippen MR) is 112 cm³/mol. The van der Waals surface area contributed by atoms with Crippen LogP contribution in [0.5, 0.6) is 0 Å². The lowest BCUT2D eigenvalue weighted by atomic mass is 10.0. The van der Waals surface area contributed by atoms with Crippen molar-refractivity contribution in [3.63, 3.8) is 0 Å². The monoisotopic (exact) mass is 467 g/mol. The first kappa shape index (κ1) is 22.5. The molecule has 0 spiro atoms. The third-order valence-corrected chi connectivity index (χ3v) is 5.31. The highest BCUT2D eigenvalue weighted by molar-refractivity contribution is 6.28. The van der Waals surface area contributed by atoms with Gasteiger partial charge in [0.25, 0.3) is 0 Å². The molecule has 1 aromatic carbocycles. The summed E-state index contributed by atoms with van der Waals surface area (Å²) in [7, 11) is 0. The van der Waals surface area contributed by atoms with Crippen LogP contribution >= 0.6 is 11.6 Å². The van der Waals surface area contributed by atoms with Crippen molar-refractivity contribution < 1.29 is 23.0 Å². The second kappa shape index (κ2) is 8.34. The Morgan fingerprint density at radius 3 is 2.44 bits per heavy atom. The van der Waals surface area contributed by atoms with Gasteiger partial charge in [-0.05, 0) is 31.0 Å². The molecule has 0 amide bonds. The van der Waals surface area contributed by atoms with E-state index in [0.29, 0.717) is 36.7 Å². The summed E-state index contributed by atoms with van der Waals surface area (Å²) < 4.78 is 46.3. The smallest absolute Gasteiger partial charge is 0.386 e. The van der Waals surface area contributed by atoms with Gasteiger partial charge < -0.3 is 19.7 Å². The van der Waals surface area contributed by atoms with Crippen molar-refractivity contribution in [3.05, 3.63) is 58.8 Å². The van der Waals surface area contributed by atoms with Gasteiger partial charge in [-0.25, -0.2) is 15.0 Å². The fraction of sp³-hybridized carbons (Fsp3) is 0.381. The minimum atomic E-state index is -4.52. The number of aromatic nitrogens is 4. The van der Waals surface area contributed by atoms with Gasteiger partial charge in [-0.15, -0.1) is 0 Å². The zero-order valence-electron chi connectivity index (χ0n) is 17.3. The summed E-state index contributed by atoms with van der Waals surface area (Å²) in [5.74, 6) is 0.647. The predicted octanol–water partition coefficient (Wildman–Crippen LogP) is 4.42. The van der Waals surface area contributed by atoms with Gasteiger partial charge in [0.1, 0.15) is 11.6 Å². The molecule has 1 aliphatic rings. The molecule has 170 valence electrons. The number of imidazole rings is 1. The Morgan fingerprint density at radius 1 is 1.19 bits per heavy atom. The molecular weight excluding hydrogens is 447 g/mol. The van der Waals surface area contributed by atoms with Crippen molar-refractivity contribution in [1.82, 2.24) is 19.5 Å². The van der Waals surface area contributed by atoms with Crippen LogP contribution in [-0.2, 0) is 23.1 Å². The first-order valence-electron chi connectivity index (χ1n) is 9.85. The lowest BCUT2D eigenvalue weighted by molar-refractivity contribution is -0.141. The van der Waals surface area contributed by atoms with E-state index in [0.717, 1.165) is 11.8 Å². The van der Waals surface area contributed by atoms with Crippen molar-refractivity contribution in [2.75, 3.05) is 18.5 Å². The SMILES string of the molecule is CC(C)(O)c1cnc(Cl)nc1NCc1ccc(-c2nc(C(F)(F)F)cn2C2COC2)cc1. The molecule has 0 saturated carbocycles. The molecule has 0 aliphatic carbocycles. The second-order valence-corrected chi connectivity index (χ2v) is 8.39.